The molecular formula is C18H23ClN4O3. The summed E-state index contributed by atoms with van der Waals surface area (Å²) in [4.78, 5) is 32.6. The van der Waals surface area contributed by atoms with Gasteiger partial charge >= 0.3 is 5.97 Å². The summed E-state index contributed by atoms with van der Waals surface area (Å²) in [5.74, 6) is -0.830. The van der Waals surface area contributed by atoms with Crippen LogP contribution in [0, 0.1) is 0 Å². The van der Waals surface area contributed by atoms with Crippen LogP contribution < -0.4 is 0 Å². The number of aromatic nitrogens is 1. The molecule has 3 rings (SSSR count). The lowest BCUT2D eigenvalue weighted by molar-refractivity contribution is -0.145. The second-order valence-electron chi connectivity index (χ2n) is 6.77. The molecule has 0 aliphatic carbocycles. The topological polar surface area (TPSA) is 79.9 Å². The Bertz CT molecular complexity index is 812. The lowest BCUT2D eigenvalue weighted by atomic mass is 10.0. The number of rotatable bonds is 5. The van der Waals surface area contributed by atoms with Gasteiger partial charge in [-0.1, -0.05) is 11.6 Å². The first-order chi connectivity index (χ1) is 12.4. The van der Waals surface area contributed by atoms with E-state index in [1.54, 1.807) is 37.3 Å². The van der Waals surface area contributed by atoms with Gasteiger partial charge in [0.2, 0.25) is 5.91 Å². The van der Waals surface area contributed by atoms with Gasteiger partial charge in [-0.2, -0.15) is 0 Å². The second kappa shape index (κ2) is 7.65. The van der Waals surface area contributed by atoms with E-state index in [4.69, 9.17) is 11.6 Å². The minimum atomic E-state index is -0.885. The Hall–Kier alpha value is -2.09. The molecule has 0 radical (unpaired) electrons. The van der Waals surface area contributed by atoms with E-state index in [1.807, 2.05) is 11.0 Å². The molecular weight excluding hydrogens is 356 g/mol. The van der Waals surface area contributed by atoms with Gasteiger partial charge in [-0.25, -0.2) is 0 Å². The van der Waals surface area contributed by atoms with Crippen LogP contribution in [0.15, 0.2) is 24.4 Å². The fraction of sp³-hybridized carbons (Fsp3) is 0.444. The van der Waals surface area contributed by atoms with E-state index in [2.05, 4.69) is 9.88 Å². The fourth-order valence-corrected chi connectivity index (χ4v) is 3.51. The van der Waals surface area contributed by atoms with Gasteiger partial charge in [-0.3, -0.25) is 19.4 Å². The van der Waals surface area contributed by atoms with Crippen molar-refractivity contribution in [2.45, 2.75) is 6.04 Å². The SMILES string of the molecule is CN(C)C(=O)CN1CCN([C@@H](C(=O)O)c2c[nH]c3ccc(Cl)cc23)CC1. The Morgan fingerprint density at radius 1 is 1.27 bits per heavy atom. The van der Waals surface area contributed by atoms with Gasteiger partial charge in [0.15, 0.2) is 0 Å². The molecule has 2 N–H and O–H groups in total. The van der Waals surface area contributed by atoms with E-state index in [-0.39, 0.29) is 5.91 Å². The van der Waals surface area contributed by atoms with E-state index in [1.165, 1.54) is 0 Å². The molecule has 1 fully saturated rings. The van der Waals surface area contributed by atoms with Crippen LogP contribution in [0.4, 0.5) is 0 Å². The number of carbonyl (C=O) groups excluding carboxylic acids is 1. The van der Waals surface area contributed by atoms with Crippen molar-refractivity contribution in [3.8, 4) is 0 Å². The molecule has 7 nitrogen and oxygen atoms in total. The molecule has 1 aromatic heterocycles. The molecule has 1 amide bonds. The van der Waals surface area contributed by atoms with E-state index in [0.717, 1.165) is 10.9 Å². The third-order valence-corrected chi connectivity index (χ3v) is 5.07. The summed E-state index contributed by atoms with van der Waals surface area (Å²) in [6, 6.07) is 4.68. The van der Waals surface area contributed by atoms with Crippen molar-refractivity contribution in [1.82, 2.24) is 19.7 Å². The average molecular weight is 379 g/mol. The first-order valence-corrected chi connectivity index (χ1v) is 8.90. The maximum absolute atomic E-state index is 12.0. The van der Waals surface area contributed by atoms with Crippen molar-refractivity contribution in [3.63, 3.8) is 0 Å². The summed E-state index contributed by atoms with van der Waals surface area (Å²) in [6.07, 6.45) is 1.75. The van der Waals surface area contributed by atoms with Gasteiger partial charge in [-0.15, -0.1) is 0 Å². The smallest absolute Gasteiger partial charge is 0.325 e. The minimum Gasteiger partial charge on any atom is -0.480 e. The Morgan fingerprint density at radius 3 is 2.58 bits per heavy atom. The summed E-state index contributed by atoms with van der Waals surface area (Å²) in [7, 11) is 3.47. The Labute approximate surface area is 157 Å². The van der Waals surface area contributed by atoms with Crippen LogP contribution in [-0.2, 0) is 9.59 Å². The maximum atomic E-state index is 12.0. The summed E-state index contributed by atoms with van der Waals surface area (Å²) in [5, 5.41) is 11.3. The zero-order valence-corrected chi connectivity index (χ0v) is 15.7. The van der Waals surface area contributed by atoms with Crippen molar-refractivity contribution >= 4 is 34.4 Å². The van der Waals surface area contributed by atoms with Gasteiger partial charge in [0.1, 0.15) is 6.04 Å². The zero-order valence-electron chi connectivity index (χ0n) is 14.9. The van der Waals surface area contributed by atoms with Gasteiger partial charge in [0, 0.05) is 68.0 Å². The number of likely N-dealkylation sites (N-methyl/N-ethyl adjacent to an activating group) is 1. The number of carboxylic acid groups (broad SMARTS) is 1. The molecule has 0 bridgehead atoms. The molecule has 0 unspecified atom stereocenters. The normalized spacial score (nSPS) is 17.3. The highest BCUT2D eigenvalue weighted by atomic mass is 35.5. The number of aliphatic carboxylic acids is 1. The van der Waals surface area contributed by atoms with Crippen LogP contribution in [0.1, 0.15) is 11.6 Å². The van der Waals surface area contributed by atoms with Gasteiger partial charge in [-0.05, 0) is 18.2 Å². The highest BCUT2D eigenvalue weighted by Crippen LogP contribution is 2.31. The zero-order chi connectivity index (χ0) is 18.8. The van der Waals surface area contributed by atoms with E-state index in [0.29, 0.717) is 43.3 Å². The number of nitrogens with zero attached hydrogens (tertiary/aromatic N) is 3. The number of aromatic amines is 1. The highest BCUT2D eigenvalue weighted by molar-refractivity contribution is 6.31. The third kappa shape index (κ3) is 3.85. The lowest BCUT2D eigenvalue weighted by Gasteiger charge is -2.37. The van der Waals surface area contributed by atoms with E-state index >= 15 is 0 Å². The lowest BCUT2D eigenvalue weighted by Crippen LogP contribution is -2.51. The van der Waals surface area contributed by atoms with E-state index in [9.17, 15) is 14.7 Å². The Balaban J connectivity index is 1.76. The quantitative estimate of drug-likeness (QED) is 0.827. The molecule has 8 heteroatoms. The highest BCUT2D eigenvalue weighted by Gasteiger charge is 2.32. The molecule has 1 atom stereocenters. The summed E-state index contributed by atoms with van der Waals surface area (Å²) in [5.41, 5.74) is 1.58. The molecule has 1 aromatic carbocycles. The molecule has 2 heterocycles. The number of nitrogens with one attached hydrogen (secondary N) is 1. The van der Waals surface area contributed by atoms with E-state index < -0.39 is 12.0 Å². The largest absolute Gasteiger partial charge is 0.480 e. The van der Waals surface area contributed by atoms with Crippen LogP contribution in [0.5, 0.6) is 0 Å². The molecule has 26 heavy (non-hydrogen) atoms. The standard InChI is InChI=1S/C18H23ClN4O3/c1-21(2)16(24)11-22-5-7-23(8-6-22)17(18(25)26)14-10-20-15-4-3-12(19)9-13(14)15/h3-4,9-10,17,20H,5-8,11H2,1-2H3,(H,25,26)/t17-/m1/s1. The fourth-order valence-electron chi connectivity index (χ4n) is 3.34. The number of benzene rings is 1. The number of carbonyl (C=O) groups is 2. The molecule has 2 aromatic rings. The van der Waals surface area contributed by atoms with Gasteiger partial charge in [0.25, 0.3) is 0 Å². The Morgan fingerprint density at radius 2 is 1.96 bits per heavy atom. The average Bonchev–Trinajstić information content (AvgIpc) is 2.99. The van der Waals surface area contributed by atoms with Gasteiger partial charge < -0.3 is 15.0 Å². The van der Waals surface area contributed by atoms with Crippen LogP contribution in [0.25, 0.3) is 10.9 Å². The van der Waals surface area contributed by atoms with Crippen molar-refractivity contribution in [3.05, 3.63) is 35.0 Å². The number of carboxylic acids is 1. The van der Waals surface area contributed by atoms with Crippen molar-refractivity contribution in [1.29, 1.82) is 0 Å². The first-order valence-electron chi connectivity index (χ1n) is 8.52. The summed E-state index contributed by atoms with van der Waals surface area (Å²) in [6.45, 7) is 2.86. The molecule has 1 saturated heterocycles. The summed E-state index contributed by atoms with van der Waals surface area (Å²) >= 11 is 6.09. The van der Waals surface area contributed by atoms with Crippen LogP contribution in [0.2, 0.25) is 5.02 Å². The number of fused-ring (bicyclic) bond motifs is 1. The minimum absolute atomic E-state index is 0.0551. The molecule has 1 aliphatic heterocycles. The number of H-pyrrole nitrogens is 1. The monoisotopic (exact) mass is 378 g/mol. The third-order valence-electron chi connectivity index (χ3n) is 4.83. The predicted molar refractivity (Wildman–Crippen MR) is 100 cm³/mol. The number of hydrogen-bond acceptors (Lipinski definition) is 4. The number of hydrogen-bond donors (Lipinski definition) is 2. The molecule has 0 spiro atoms. The van der Waals surface area contributed by atoms with Crippen molar-refractivity contribution in [2.75, 3.05) is 46.8 Å². The molecule has 1 aliphatic rings. The van der Waals surface area contributed by atoms with Crippen LogP contribution in [0.3, 0.4) is 0 Å². The number of amides is 1. The molecule has 0 saturated carbocycles. The number of halogens is 1. The predicted octanol–water partition coefficient (Wildman–Crippen LogP) is 1.65. The number of piperazine rings is 1. The van der Waals surface area contributed by atoms with Crippen LogP contribution >= 0.6 is 11.6 Å². The van der Waals surface area contributed by atoms with Gasteiger partial charge in [0.05, 0.1) is 6.54 Å². The second-order valence-corrected chi connectivity index (χ2v) is 7.21. The summed E-state index contributed by atoms with van der Waals surface area (Å²) < 4.78 is 0. The van der Waals surface area contributed by atoms with Crippen molar-refractivity contribution in [2.24, 2.45) is 0 Å². The van der Waals surface area contributed by atoms with Crippen molar-refractivity contribution < 1.29 is 14.7 Å². The maximum Gasteiger partial charge on any atom is 0.325 e. The molecule has 140 valence electrons. The Kier molecular flexibility index (Phi) is 5.50. The first kappa shape index (κ1) is 18.7. The van der Waals surface area contributed by atoms with Crippen LogP contribution in [-0.4, -0.2) is 83.5 Å².